The molecule has 1 aliphatic carbocycles. The lowest BCUT2D eigenvalue weighted by atomic mass is 10.00. The first kappa shape index (κ1) is 12.1. The van der Waals surface area contributed by atoms with Crippen LogP contribution in [-0.4, -0.2) is 6.04 Å². The number of hydrogen-bond donors (Lipinski definition) is 1. The van der Waals surface area contributed by atoms with E-state index in [-0.39, 0.29) is 0 Å². The largest absolute Gasteiger partial charge is 0.306 e. The van der Waals surface area contributed by atoms with E-state index in [0.29, 0.717) is 18.5 Å². The van der Waals surface area contributed by atoms with Gasteiger partial charge in [0.1, 0.15) is 0 Å². The van der Waals surface area contributed by atoms with E-state index in [2.05, 4.69) is 48.6 Å². The van der Waals surface area contributed by atoms with Crippen molar-refractivity contribution in [2.24, 2.45) is 5.92 Å². The molecule has 2 unspecified atom stereocenters. The van der Waals surface area contributed by atoms with Crippen molar-refractivity contribution < 1.29 is 0 Å². The van der Waals surface area contributed by atoms with Gasteiger partial charge in [-0.15, -0.1) is 0 Å². The van der Waals surface area contributed by atoms with E-state index >= 15 is 0 Å². The molecule has 0 heterocycles. The molecule has 1 fully saturated rings. The zero-order valence-corrected chi connectivity index (χ0v) is 10.4. The van der Waals surface area contributed by atoms with Crippen molar-refractivity contribution >= 4 is 0 Å². The minimum Gasteiger partial charge on any atom is -0.306 e. The molecule has 0 aliphatic heterocycles. The Hall–Kier alpha value is -1.33. The van der Waals surface area contributed by atoms with Crippen molar-refractivity contribution in [3.8, 4) is 6.07 Å². The minimum absolute atomic E-state index is 0.325. The molecule has 90 valence electrons. The predicted molar refractivity (Wildman–Crippen MR) is 69.4 cm³/mol. The lowest BCUT2D eigenvalue weighted by molar-refractivity contribution is 0.397. The van der Waals surface area contributed by atoms with Crippen LogP contribution in [0.1, 0.15) is 44.2 Å². The van der Waals surface area contributed by atoms with E-state index in [1.54, 1.807) is 0 Å². The van der Waals surface area contributed by atoms with Crippen LogP contribution in [0.4, 0.5) is 0 Å². The summed E-state index contributed by atoms with van der Waals surface area (Å²) in [5, 5.41) is 12.5. The first-order valence-electron chi connectivity index (χ1n) is 6.53. The van der Waals surface area contributed by atoms with Crippen LogP contribution < -0.4 is 5.32 Å². The molecule has 1 N–H and O–H groups in total. The maximum atomic E-state index is 8.82. The number of nitrogens with one attached hydrogen (secondary N) is 1. The van der Waals surface area contributed by atoms with Gasteiger partial charge in [-0.2, -0.15) is 5.26 Å². The number of hydrogen-bond acceptors (Lipinski definition) is 2. The summed E-state index contributed by atoms with van der Waals surface area (Å²) in [6.07, 6.45) is 4.25. The Balaban J connectivity index is 2.05. The van der Waals surface area contributed by atoms with Crippen molar-refractivity contribution in [1.29, 1.82) is 5.26 Å². The second kappa shape index (κ2) is 5.84. The topological polar surface area (TPSA) is 35.8 Å². The summed E-state index contributed by atoms with van der Waals surface area (Å²) in [6, 6.07) is 13.7. The highest BCUT2D eigenvalue weighted by atomic mass is 15.0. The molecule has 1 saturated carbocycles. The third-order valence-corrected chi connectivity index (χ3v) is 3.50. The first-order chi connectivity index (χ1) is 8.35. The summed E-state index contributed by atoms with van der Waals surface area (Å²) in [6.45, 7) is 2.14. The van der Waals surface area contributed by atoms with Gasteiger partial charge in [-0.3, -0.25) is 0 Å². The van der Waals surface area contributed by atoms with Crippen LogP contribution in [0.3, 0.4) is 0 Å². The molecule has 0 bridgehead atoms. The van der Waals surface area contributed by atoms with E-state index in [4.69, 9.17) is 5.26 Å². The highest BCUT2D eigenvalue weighted by molar-refractivity contribution is 5.21. The van der Waals surface area contributed by atoms with Gasteiger partial charge in [0.05, 0.1) is 12.5 Å². The maximum absolute atomic E-state index is 8.82. The molecule has 0 radical (unpaired) electrons. The zero-order valence-electron chi connectivity index (χ0n) is 10.4. The van der Waals surface area contributed by atoms with E-state index in [1.165, 1.54) is 18.4 Å². The van der Waals surface area contributed by atoms with E-state index in [1.807, 2.05) is 0 Å². The Labute approximate surface area is 104 Å². The molecular formula is C15H20N2. The summed E-state index contributed by atoms with van der Waals surface area (Å²) >= 11 is 0. The fraction of sp³-hybridized carbons (Fsp3) is 0.533. The van der Waals surface area contributed by atoms with E-state index in [0.717, 1.165) is 12.3 Å². The number of benzene rings is 1. The van der Waals surface area contributed by atoms with Crippen LogP contribution in [0, 0.1) is 17.2 Å². The first-order valence-corrected chi connectivity index (χ1v) is 6.53. The molecule has 2 atom stereocenters. The molecular weight excluding hydrogens is 208 g/mol. The second-order valence-electron chi connectivity index (χ2n) is 4.86. The second-order valence-corrected chi connectivity index (χ2v) is 4.86. The third kappa shape index (κ3) is 3.31. The normalized spacial score (nSPS) is 18.4. The van der Waals surface area contributed by atoms with Gasteiger partial charge in [0, 0.05) is 12.1 Å². The van der Waals surface area contributed by atoms with Gasteiger partial charge in [-0.05, 0) is 30.7 Å². The molecule has 17 heavy (non-hydrogen) atoms. The summed E-state index contributed by atoms with van der Waals surface area (Å²) in [7, 11) is 0. The minimum atomic E-state index is 0.325. The van der Waals surface area contributed by atoms with Gasteiger partial charge in [0.15, 0.2) is 0 Å². The van der Waals surface area contributed by atoms with Gasteiger partial charge in [0.25, 0.3) is 0 Å². The Morgan fingerprint density at radius 3 is 2.59 bits per heavy atom. The van der Waals surface area contributed by atoms with Crippen molar-refractivity contribution in [1.82, 2.24) is 5.32 Å². The molecule has 0 amide bonds. The summed E-state index contributed by atoms with van der Waals surface area (Å²) < 4.78 is 0. The van der Waals surface area contributed by atoms with Crippen LogP contribution in [0.25, 0.3) is 0 Å². The number of nitrogens with zero attached hydrogens (tertiary/aromatic N) is 1. The predicted octanol–water partition coefficient (Wildman–Crippen LogP) is 3.42. The average Bonchev–Trinajstić information content (AvgIpc) is 3.20. The zero-order chi connectivity index (χ0) is 12.1. The van der Waals surface area contributed by atoms with Gasteiger partial charge in [-0.1, -0.05) is 37.3 Å². The van der Waals surface area contributed by atoms with Crippen molar-refractivity contribution in [2.45, 2.75) is 44.7 Å². The SMILES string of the molecule is CCC(CC#N)NC(c1ccccc1)C1CC1. The Morgan fingerprint density at radius 1 is 1.35 bits per heavy atom. The van der Waals surface area contributed by atoms with Crippen LogP contribution in [0.5, 0.6) is 0 Å². The van der Waals surface area contributed by atoms with Gasteiger partial charge >= 0.3 is 0 Å². The molecule has 1 aromatic rings. The summed E-state index contributed by atoms with van der Waals surface area (Å²) in [5.41, 5.74) is 1.37. The lowest BCUT2D eigenvalue weighted by Crippen LogP contribution is -2.33. The standard InChI is InChI=1S/C15H20N2/c1-2-14(10-11-16)17-15(13-8-9-13)12-6-4-3-5-7-12/h3-7,13-15,17H,2,8-10H2,1H3. The van der Waals surface area contributed by atoms with Crippen LogP contribution in [0.2, 0.25) is 0 Å². The average molecular weight is 228 g/mol. The molecule has 2 nitrogen and oxygen atoms in total. The van der Waals surface area contributed by atoms with Crippen molar-refractivity contribution in [3.63, 3.8) is 0 Å². The lowest BCUT2D eigenvalue weighted by Gasteiger charge is -2.24. The quantitative estimate of drug-likeness (QED) is 0.809. The van der Waals surface area contributed by atoms with E-state index < -0.39 is 0 Å². The molecule has 0 aromatic heterocycles. The van der Waals surface area contributed by atoms with Gasteiger partial charge in [0.2, 0.25) is 0 Å². The molecule has 2 rings (SSSR count). The molecule has 2 heteroatoms. The molecule has 0 spiro atoms. The third-order valence-electron chi connectivity index (χ3n) is 3.50. The van der Waals surface area contributed by atoms with Crippen molar-refractivity contribution in [3.05, 3.63) is 35.9 Å². The number of nitriles is 1. The van der Waals surface area contributed by atoms with Gasteiger partial charge in [-0.25, -0.2) is 0 Å². The summed E-state index contributed by atoms with van der Waals surface area (Å²) in [4.78, 5) is 0. The fourth-order valence-electron chi connectivity index (χ4n) is 2.28. The van der Waals surface area contributed by atoms with Crippen LogP contribution >= 0.6 is 0 Å². The molecule has 1 aliphatic rings. The van der Waals surface area contributed by atoms with Crippen LogP contribution in [0.15, 0.2) is 30.3 Å². The Morgan fingerprint density at radius 2 is 2.06 bits per heavy atom. The number of rotatable bonds is 6. The Bertz CT molecular complexity index is 376. The smallest absolute Gasteiger partial charge is 0.0638 e. The summed E-state index contributed by atoms with van der Waals surface area (Å²) in [5.74, 6) is 0.769. The van der Waals surface area contributed by atoms with Crippen molar-refractivity contribution in [2.75, 3.05) is 0 Å². The monoisotopic (exact) mass is 228 g/mol. The van der Waals surface area contributed by atoms with Crippen LogP contribution in [-0.2, 0) is 0 Å². The highest BCUT2D eigenvalue weighted by Crippen LogP contribution is 2.41. The fourth-order valence-corrected chi connectivity index (χ4v) is 2.28. The highest BCUT2D eigenvalue weighted by Gasteiger charge is 2.33. The molecule has 0 saturated heterocycles. The Kier molecular flexibility index (Phi) is 4.17. The molecule has 1 aromatic carbocycles. The van der Waals surface area contributed by atoms with E-state index in [9.17, 15) is 0 Å². The maximum Gasteiger partial charge on any atom is 0.0638 e. The van der Waals surface area contributed by atoms with Gasteiger partial charge < -0.3 is 5.32 Å².